The van der Waals surface area contributed by atoms with Crippen LogP contribution in [0.3, 0.4) is 0 Å². The van der Waals surface area contributed by atoms with Crippen LogP contribution in [0.25, 0.3) is 38.9 Å². The summed E-state index contributed by atoms with van der Waals surface area (Å²) in [6.45, 7) is 15.6. The minimum absolute atomic E-state index is 0.0799. The van der Waals surface area contributed by atoms with E-state index in [0.717, 1.165) is 182 Å². The maximum atomic E-state index is 13.1. The molecule has 0 fully saturated rings. The van der Waals surface area contributed by atoms with Crippen LogP contribution in [0.4, 0.5) is 45.5 Å². The quantitative estimate of drug-likeness (QED) is 0.0115. The van der Waals surface area contributed by atoms with Crippen LogP contribution in [0.5, 0.6) is 0 Å². The second-order valence-corrected chi connectivity index (χ2v) is 21.5. The number of unbranched alkanes of at least 4 members (excludes halogenated alkanes) is 6. The van der Waals surface area contributed by atoms with Gasteiger partial charge in [0.1, 0.15) is 11.0 Å². The minimum atomic E-state index is -0.0815. The summed E-state index contributed by atoms with van der Waals surface area (Å²) < 4.78 is 2.27. The Hall–Kier alpha value is -9.43. The average molecular weight is 1110 g/mol. The Bertz CT molecular complexity index is 3730. The second kappa shape index (κ2) is 27.4. The summed E-state index contributed by atoms with van der Waals surface area (Å²) in [5, 5.41) is 23.6. The van der Waals surface area contributed by atoms with E-state index in [4.69, 9.17) is 21.4 Å². The molecule has 1 aliphatic rings. The monoisotopic (exact) mass is 1110 g/mol. The number of nitrogen functional groups attached to an aromatic ring is 2. The fourth-order valence-corrected chi connectivity index (χ4v) is 10.4. The SMILES string of the molecule is C=C1C=C(NCCCCCCNC(=O)c2ccc(-c3ccc(C(=O)NCCCCCCNc4cc5c(cc4C)nc4cc(C)c(NC)cc4[n+]5-c4ccc(N)cc4)cc3)cc2)C(C)=C/C1=N/c1cc(C)c(NC)cc1Nc1ccc(N)cc1. The molecule has 9 rings (SSSR count). The Morgan fingerprint density at radius 1 is 0.530 bits per heavy atom. The lowest BCUT2D eigenvalue weighted by Gasteiger charge is -2.19. The van der Waals surface area contributed by atoms with E-state index in [2.05, 4.69) is 137 Å². The minimum Gasteiger partial charge on any atom is -0.399 e. The van der Waals surface area contributed by atoms with Crippen molar-refractivity contribution in [2.75, 3.05) is 73.0 Å². The number of fused-ring (bicyclic) bond motifs is 2. The molecule has 7 aromatic carbocycles. The van der Waals surface area contributed by atoms with Gasteiger partial charge in [-0.25, -0.2) is 9.98 Å². The molecule has 0 saturated carbocycles. The number of rotatable bonds is 25. The third-order valence-corrected chi connectivity index (χ3v) is 15.3. The van der Waals surface area contributed by atoms with Crippen LogP contribution in [0.2, 0.25) is 0 Å². The highest BCUT2D eigenvalue weighted by Gasteiger charge is 2.23. The molecule has 0 radical (unpaired) electrons. The first kappa shape index (κ1) is 58.2. The van der Waals surface area contributed by atoms with Crippen molar-refractivity contribution in [3.8, 4) is 16.8 Å². The lowest BCUT2D eigenvalue weighted by molar-refractivity contribution is -0.538. The number of nitrogens with zero attached hydrogens (tertiary/aromatic N) is 3. The number of anilines is 7. The van der Waals surface area contributed by atoms with Gasteiger partial charge < -0.3 is 48.7 Å². The average Bonchev–Trinajstić information content (AvgIpc) is 3.04. The van der Waals surface area contributed by atoms with E-state index in [1.165, 1.54) is 0 Å². The number of aliphatic imine (C=N–C) groups is 1. The lowest BCUT2D eigenvalue weighted by Crippen LogP contribution is -2.33. The van der Waals surface area contributed by atoms with Crippen LogP contribution in [-0.4, -0.2) is 62.8 Å². The van der Waals surface area contributed by atoms with Gasteiger partial charge in [-0.3, -0.25) is 9.59 Å². The highest BCUT2D eigenvalue weighted by atomic mass is 16.2. The molecule has 8 aromatic rings. The van der Waals surface area contributed by atoms with Gasteiger partial charge in [0.05, 0.1) is 17.1 Å². The largest absolute Gasteiger partial charge is 0.399 e. The summed E-state index contributed by atoms with van der Waals surface area (Å²) in [4.78, 5) is 36.2. The smallest absolute Gasteiger partial charge is 0.251 e. The summed E-state index contributed by atoms with van der Waals surface area (Å²) in [5.74, 6) is -0.161. The fraction of sp³-hybridized carbons (Fsp3) is 0.261. The first-order chi connectivity index (χ1) is 40.2. The number of carbonyl (C=O) groups is 2. The molecular weight excluding hydrogens is 1030 g/mol. The third kappa shape index (κ3) is 14.7. The van der Waals surface area contributed by atoms with Crippen molar-refractivity contribution in [2.24, 2.45) is 4.99 Å². The van der Waals surface area contributed by atoms with E-state index in [1.54, 1.807) is 0 Å². The number of aryl methyl sites for hydroxylation is 3. The molecule has 0 bridgehead atoms. The molecule has 14 nitrogen and oxygen atoms in total. The van der Waals surface area contributed by atoms with Crippen LogP contribution in [0, 0.1) is 20.8 Å². The van der Waals surface area contributed by atoms with Crippen LogP contribution >= 0.6 is 0 Å². The number of carbonyl (C=O) groups excluding carboxylic acids is 2. The van der Waals surface area contributed by atoms with Crippen molar-refractivity contribution >= 4 is 85.1 Å². The maximum absolute atomic E-state index is 13.1. The van der Waals surface area contributed by atoms with Crippen LogP contribution < -0.4 is 53.3 Å². The third-order valence-electron chi connectivity index (χ3n) is 15.3. The van der Waals surface area contributed by atoms with E-state index in [-0.39, 0.29) is 11.8 Å². The number of aromatic nitrogens is 2. The molecule has 1 aliphatic carbocycles. The summed E-state index contributed by atoms with van der Waals surface area (Å²) in [5.41, 5.74) is 34.6. The molecule has 0 unspecified atom stereocenters. The molecule has 1 aromatic heterocycles. The second-order valence-electron chi connectivity index (χ2n) is 21.5. The Kier molecular flexibility index (Phi) is 19.2. The summed E-state index contributed by atoms with van der Waals surface area (Å²) in [6, 6.07) is 43.7. The highest BCUT2D eigenvalue weighted by Crippen LogP contribution is 2.36. The van der Waals surface area contributed by atoms with Gasteiger partial charge in [-0.1, -0.05) is 56.5 Å². The molecule has 1 heterocycles. The Morgan fingerprint density at radius 3 is 1.57 bits per heavy atom. The number of nitrogens with one attached hydrogen (secondary N) is 7. The lowest BCUT2D eigenvalue weighted by atomic mass is 9.98. The van der Waals surface area contributed by atoms with Gasteiger partial charge in [-0.15, -0.1) is 4.57 Å². The van der Waals surface area contributed by atoms with Gasteiger partial charge in [0.2, 0.25) is 16.7 Å². The standard InChI is InChI=1S/C69H78N12O2/c1-44-38-62(63(41-57(44)72-6)78-55-28-24-53(70)25-29-55)79-61-37-46(3)59(36-48(61)5)74-32-12-8-10-14-34-76-68(82)51-20-16-49(17-21-51)50-18-22-52(23-19-50)69(83)77-35-15-11-9-13-33-75-60-43-67-65(40-47(60)4)80-64-39-45(2)58(73-7)42-66(64)81(67)56-30-26-54(71)27-31-56/h16-31,36-43,72,74H,5,8-15,32-35,71H2,1-4,6-7H3,(H6,70,73,75,76,77,78,80,82,83)/p+1/b79-61-. The van der Waals surface area contributed by atoms with Crippen molar-refractivity contribution in [3.63, 3.8) is 0 Å². The molecule has 14 heteroatoms. The molecule has 11 N–H and O–H groups in total. The van der Waals surface area contributed by atoms with Crippen LogP contribution in [0.15, 0.2) is 174 Å². The molecular formula is C69H79N12O2+. The van der Waals surface area contributed by atoms with Gasteiger partial charge in [0.25, 0.3) is 11.8 Å². The Balaban J connectivity index is 0.652. The molecule has 83 heavy (non-hydrogen) atoms. The number of amides is 2. The summed E-state index contributed by atoms with van der Waals surface area (Å²) in [7, 11) is 3.86. The number of hydrogen-bond acceptors (Lipinski definition) is 11. The van der Waals surface area contributed by atoms with Crippen molar-refractivity contribution in [3.05, 3.63) is 197 Å². The molecule has 0 spiro atoms. The zero-order valence-corrected chi connectivity index (χ0v) is 48.9. The number of nitrogens with two attached hydrogens (primary N) is 2. The zero-order chi connectivity index (χ0) is 58.4. The zero-order valence-electron chi connectivity index (χ0n) is 48.9. The number of allylic oxidation sites excluding steroid dienone is 4. The normalized spacial score (nSPS) is 12.7. The topological polar surface area (TPSA) is 200 Å². The van der Waals surface area contributed by atoms with E-state index >= 15 is 0 Å². The molecule has 0 saturated heterocycles. The van der Waals surface area contributed by atoms with Crippen molar-refractivity contribution in [1.82, 2.24) is 20.9 Å². The van der Waals surface area contributed by atoms with Gasteiger partial charge >= 0.3 is 0 Å². The predicted octanol–water partition coefficient (Wildman–Crippen LogP) is 13.7. The van der Waals surface area contributed by atoms with E-state index in [0.29, 0.717) is 29.9 Å². The molecule has 0 atom stereocenters. The fourth-order valence-electron chi connectivity index (χ4n) is 10.4. The van der Waals surface area contributed by atoms with E-state index < -0.39 is 0 Å². The van der Waals surface area contributed by atoms with E-state index in [9.17, 15) is 9.59 Å². The predicted molar refractivity (Wildman–Crippen MR) is 347 cm³/mol. The number of benzene rings is 7. The Labute approximate surface area is 488 Å². The van der Waals surface area contributed by atoms with Crippen LogP contribution in [-0.2, 0) is 0 Å². The summed E-state index contributed by atoms with van der Waals surface area (Å²) >= 11 is 0. The van der Waals surface area contributed by atoms with Gasteiger partial charge in [0, 0.05) is 115 Å². The van der Waals surface area contributed by atoms with Gasteiger partial charge in [-0.2, -0.15) is 0 Å². The number of hydrogen-bond donors (Lipinski definition) is 9. The molecule has 0 aliphatic heterocycles. The first-order valence-corrected chi connectivity index (χ1v) is 29.0. The first-order valence-electron chi connectivity index (χ1n) is 29.0. The van der Waals surface area contributed by atoms with Crippen molar-refractivity contribution in [2.45, 2.75) is 79.1 Å². The van der Waals surface area contributed by atoms with Crippen molar-refractivity contribution in [1.29, 1.82) is 0 Å². The summed E-state index contributed by atoms with van der Waals surface area (Å²) in [6.07, 6.45) is 12.1. The van der Waals surface area contributed by atoms with Gasteiger partial charge in [0.15, 0.2) is 0 Å². The Morgan fingerprint density at radius 2 is 1.01 bits per heavy atom. The highest BCUT2D eigenvalue weighted by molar-refractivity contribution is 6.13. The van der Waals surface area contributed by atoms with E-state index in [1.807, 2.05) is 99.0 Å². The van der Waals surface area contributed by atoms with Crippen LogP contribution in [0.1, 0.15) is 95.7 Å². The molecule has 2 amide bonds. The maximum Gasteiger partial charge on any atom is 0.251 e. The molecule has 426 valence electrons. The van der Waals surface area contributed by atoms with Crippen molar-refractivity contribution < 1.29 is 14.2 Å². The van der Waals surface area contributed by atoms with Gasteiger partial charge in [-0.05, 0) is 189 Å².